The van der Waals surface area contributed by atoms with Gasteiger partial charge in [-0.15, -0.1) is 11.3 Å². The zero-order chi connectivity index (χ0) is 21.6. The molecule has 1 N–H and O–H groups in total. The molecule has 4 aromatic rings. The van der Waals surface area contributed by atoms with E-state index in [1.165, 1.54) is 11.3 Å². The number of nitrogens with zero attached hydrogens (tertiary/aromatic N) is 4. The SMILES string of the molecule is Cc1nn(C)c(C)c1C(C)NC(=O)c1cc2c(C)nn(Cc3ccccc3Cl)c2s1. The van der Waals surface area contributed by atoms with Gasteiger partial charge in [-0.05, 0) is 45.4 Å². The summed E-state index contributed by atoms with van der Waals surface area (Å²) in [5.74, 6) is -0.0879. The fourth-order valence-corrected chi connectivity index (χ4v) is 5.14. The van der Waals surface area contributed by atoms with Crippen molar-refractivity contribution in [3.8, 4) is 0 Å². The van der Waals surface area contributed by atoms with Crippen LogP contribution in [0.3, 0.4) is 0 Å². The van der Waals surface area contributed by atoms with E-state index in [1.54, 1.807) is 0 Å². The summed E-state index contributed by atoms with van der Waals surface area (Å²) in [7, 11) is 1.92. The average Bonchev–Trinajstić information content (AvgIpc) is 3.32. The first-order valence-electron chi connectivity index (χ1n) is 9.77. The Bertz CT molecular complexity index is 1250. The molecule has 3 aromatic heterocycles. The quantitative estimate of drug-likeness (QED) is 0.476. The van der Waals surface area contributed by atoms with E-state index in [9.17, 15) is 4.79 Å². The highest BCUT2D eigenvalue weighted by molar-refractivity contribution is 7.20. The van der Waals surface area contributed by atoms with Gasteiger partial charge in [0.1, 0.15) is 4.83 Å². The van der Waals surface area contributed by atoms with E-state index in [4.69, 9.17) is 11.6 Å². The molecule has 1 atom stereocenters. The number of rotatable bonds is 5. The first-order chi connectivity index (χ1) is 14.3. The predicted octanol–water partition coefficient (Wildman–Crippen LogP) is 4.95. The van der Waals surface area contributed by atoms with Crippen LogP contribution in [0.2, 0.25) is 5.02 Å². The molecule has 0 saturated carbocycles. The van der Waals surface area contributed by atoms with Gasteiger partial charge in [-0.3, -0.25) is 14.2 Å². The van der Waals surface area contributed by atoms with Crippen molar-refractivity contribution in [2.24, 2.45) is 7.05 Å². The van der Waals surface area contributed by atoms with Crippen molar-refractivity contribution in [2.45, 2.75) is 40.3 Å². The molecule has 0 aliphatic rings. The molecule has 0 bridgehead atoms. The zero-order valence-electron chi connectivity index (χ0n) is 17.7. The molecule has 1 aromatic carbocycles. The van der Waals surface area contributed by atoms with Crippen molar-refractivity contribution in [3.63, 3.8) is 0 Å². The van der Waals surface area contributed by atoms with Crippen molar-refractivity contribution in [3.05, 3.63) is 68.4 Å². The van der Waals surface area contributed by atoms with Gasteiger partial charge in [-0.2, -0.15) is 10.2 Å². The number of thiophene rings is 1. The molecule has 4 rings (SSSR count). The first-order valence-corrected chi connectivity index (χ1v) is 11.0. The van der Waals surface area contributed by atoms with Gasteiger partial charge in [0.15, 0.2) is 0 Å². The van der Waals surface area contributed by atoms with E-state index in [0.29, 0.717) is 16.4 Å². The van der Waals surface area contributed by atoms with Gasteiger partial charge < -0.3 is 5.32 Å². The maximum Gasteiger partial charge on any atom is 0.261 e. The van der Waals surface area contributed by atoms with Crippen LogP contribution in [0, 0.1) is 20.8 Å². The Kier molecular flexibility index (Phi) is 5.42. The molecule has 0 aliphatic heterocycles. The largest absolute Gasteiger partial charge is 0.345 e. The number of amides is 1. The minimum absolute atomic E-state index is 0.0879. The maximum atomic E-state index is 13.0. The van der Waals surface area contributed by atoms with Crippen molar-refractivity contribution >= 4 is 39.1 Å². The van der Waals surface area contributed by atoms with Crippen LogP contribution in [-0.2, 0) is 13.6 Å². The Morgan fingerprint density at radius 3 is 2.60 bits per heavy atom. The first kappa shape index (κ1) is 20.6. The van der Waals surface area contributed by atoms with Crippen molar-refractivity contribution in [1.29, 1.82) is 0 Å². The van der Waals surface area contributed by atoms with E-state index in [2.05, 4.69) is 15.5 Å². The molecule has 0 spiro atoms. The van der Waals surface area contributed by atoms with E-state index in [-0.39, 0.29) is 11.9 Å². The number of carbonyl (C=O) groups excluding carboxylic acids is 1. The topological polar surface area (TPSA) is 64.7 Å². The molecule has 6 nitrogen and oxygen atoms in total. The molecule has 1 unspecified atom stereocenters. The Morgan fingerprint density at radius 1 is 1.20 bits per heavy atom. The molecule has 0 aliphatic carbocycles. The van der Waals surface area contributed by atoms with Crippen LogP contribution in [0.1, 0.15) is 50.8 Å². The molecule has 3 heterocycles. The minimum atomic E-state index is -0.128. The predicted molar refractivity (Wildman–Crippen MR) is 121 cm³/mol. The van der Waals surface area contributed by atoms with Crippen LogP contribution in [0.25, 0.3) is 10.2 Å². The van der Waals surface area contributed by atoms with E-state index in [0.717, 1.165) is 38.4 Å². The third-order valence-corrected chi connectivity index (χ3v) is 6.97. The van der Waals surface area contributed by atoms with Crippen molar-refractivity contribution in [2.75, 3.05) is 0 Å². The average molecular weight is 442 g/mol. The third-order valence-electron chi connectivity index (χ3n) is 5.45. The molecule has 0 radical (unpaired) electrons. The lowest BCUT2D eigenvalue weighted by Crippen LogP contribution is -2.26. The van der Waals surface area contributed by atoms with Gasteiger partial charge in [-0.25, -0.2) is 0 Å². The number of carbonyl (C=O) groups is 1. The second-order valence-electron chi connectivity index (χ2n) is 7.57. The Balaban J connectivity index is 1.60. The van der Waals surface area contributed by atoms with Crippen molar-refractivity contribution < 1.29 is 4.79 Å². The Hall–Kier alpha value is -2.64. The number of fused-ring (bicyclic) bond motifs is 1. The van der Waals surface area contributed by atoms with Gasteiger partial charge in [0.2, 0.25) is 0 Å². The van der Waals surface area contributed by atoms with Crippen LogP contribution in [0.15, 0.2) is 30.3 Å². The number of benzene rings is 1. The zero-order valence-corrected chi connectivity index (χ0v) is 19.2. The van der Waals surface area contributed by atoms with Gasteiger partial charge in [0.05, 0.1) is 28.9 Å². The van der Waals surface area contributed by atoms with Gasteiger partial charge in [-0.1, -0.05) is 29.8 Å². The van der Waals surface area contributed by atoms with E-state index < -0.39 is 0 Å². The van der Waals surface area contributed by atoms with Crippen LogP contribution < -0.4 is 5.32 Å². The number of hydrogen-bond donors (Lipinski definition) is 1. The summed E-state index contributed by atoms with van der Waals surface area (Å²) in [5, 5.41) is 13.9. The molecule has 156 valence electrons. The highest BCUT2D eigenvalue weighted by atomic mass is 35.5. The Labute approximate surface area is 184 Å². The number of hydrogen-bond acceptors (Lipinski definition) is 4. The number of nitrogens with one attached hydrogen (secondary N) is 1. The molecule has 0 saturated heterocycles. The lowest BCUT2D eigenvalue weighted by molar-refractivity contribution is 0.0944. The van der Waals surface area contributed by atoms with Crippen LogP contribution in [0.4, 0.5) is 0 Å². The van der Waals surface area contributed by atoms with Gasteiger partial charge in [0.25, 0.3) is 5.91 Å². The normalized spacial score (nSPS) is 12.5. The lowest BCUT2D eigenvalue weighted by Gasteiger charge is -2.14. The van der Waals surface area contributed by atoms with Crippen LogP contribution in [-0.4, -0.2) is 25.5 Å². The highest BCUT2D eigenvalue weighted by Gasteiger charge is 2.21. The van der Waals surface area contributed by atoms with Crippen LogP contribution >= 0.6 is 22.9 Å². The fourth-order valence-electron chi connectivity index (χ4n) is 3.88. The second kappa shape index (κ2) is 7.89. The molecule has 8 heteroatoms. The van der Waals surface area contributed by atoms with E-state index in [1.807, 2.05) is 74.4 Å². The number of aromatic nitrogens is 4. The summed E-state index contributed by atoms with van der Waals surface area (Å²) < 4.78 is 3.77. The van der Waals surface area contributed by atoms with Crippen LogP contribution in [0.5, 0.6) is 0 Å². The van der Waals surface area contributed by atoms with Gasteiger partial charge in [0, 0.05) is 28.7 Å². The number of aryl methyl sites for hydroxylation is 3. The lowest BCUT2D eigenvalue weighted by atomic mass is 10.1. The summed E-state index contributed by atoms with van der Waals surface area (Å²) in [6, 6.07) is 9.55. The van der Waals surface area contributed by atoms with E-state index >= 15 is 0 Å². The molecular formula is C22H24ClN5OS. The summed E-state index contributed by atoms with van der Waals surface area (Å²) in [4.78, 5) is 14.6. The fraction of sp³-hybridized carbons (Fsp3) is 0.318. The molecule has 1 amide bonds. The molecule has 30 heavy (non-hydrogen) atoms. The summed E-state index contributed by atoms with van der Waals surface area (Å²) in [5.41, 5.74) is 4.96. The Morgan fingerprint density at radius 2 is 1.93 bits per heavy atom. The minimum Gasteiger partial charge on any atom is -0.345 e. The van der Waals surface area contributed by atoms with Crippen molar-refractivity contribution in [1.82, 2.24) is 24.9 Å². The smallest absolute Gasteiger partial charge is 0.261 e. The molecule has 0 fully saturated rings. The van der Waals surface area contributed by atoms with Gasteiger partial charge >= 0.3 is 0 Å². The monoisotopic (exact) mass is 441 g/mol. The second-order valence-corrected chi connectivity index (χ2v) is 9.01. The summed E-state index contributed by atoms with van der Waals surface area (Å²) in [6.07, 6.45) is 0. The summed E-state index contributed by atoms with van der Waals surface area (Å²) in [6.45, 7) is 8.51. The highest BCUT2D eigenvalue weighted by Crippen LogP contribution is 2.30. The molecular weight excluding hydrogens is 418 g/mol. The maximum absolute atomic E-state index is 13.0. The number of halogens is 1. The third kappa shape index (κ3) is 3.63. The summed E-state index contributed by atoms with van der Waals surface area (Å²) >= 11 is 7.78. The standard InChI is InChI=1S/C22H24ClN5OS/c1-12-17-10-19(21(29)24-13(2)20-14(3)25-27(5)15(20)4)30-22(17)28(26-12)11-16-8-6-7-9-18(16)23/h6-10,13H,11H2,1-5H3,(H,24,29).